The number of nitrogens with zero attached hydrogens (tertiary/aromatic N) is 2. The van der Waals surface area contributed by atoms with Crippen molar-refractivity contribution in [1.29, 1.82) is 0 Å². The van der Waals surface area contributed by atoms with Crippen LogP contribution in [0.5, 0.6) is 0 Å². The smallest absolute Gasteiger partial charge is 0.222 e. The molecule has 0 aliphatic carbocycles. The first-order chi connectivity index (χ1) is 9.96. The van der Waals surface area contributed by atoms with Crippen molar-refractivity contribution >= 4 is 17.7 Å². The molecule has 4 nitrogen and oxygen atoms in total. The van der Waals surface area contributed by atoms with Crippen LogP contribution in [-0.2, 0) is 4.79 Å². The van der Waals surface area contributed by atoms with E-state index in [1.165, 1.54) is 5.56 Å². The van der Waals surface area contributed by atoms with E-state index in [4.69, 9.17) is 0 Å². The van der Waals surface area contributed by atoms with Crippen LogP contribution >= 0.6 is 11.8 Å². The molecule has 1 aromatic heterocycles. The molecule has 5 heteroatoms. The van der Waals surface area contributed by atoms with E-state index in [9.17, 15) is 4.79 Å². The summed E-state index contributed by atoms with van der Waals surface area (Å²) in [6, 6.07) is 0. The minimum Gasteiger partial charge on any atom is -0.342 e. The van der Waals surface area contributed by atoms with E-state index in [0.717, 1.165) is 38.1 Å². The van der Waals surface area contributed by atoms with Crippen LogP contribution in [0.3, 0.4) is 0 Å². The van der Waals surface area contributed by atoms with Crippen molar-refractivity contribution < 1.29 is 4.79 Å². The van der Waals surface area contributed by atoms with Crippen LogP contribution in [0.1, 0.15) is 57.9 Å². The van der Waals surface area contributed by atoms with Crippen LogP contribution in [-0.4, -0.2) is 44.6 Å². The Morgan fingerprint density at radius 3 is 3.00 bits per heavy atom. The number of amides is 1. The number of piperidine rings is 1. The van der Waals surface area contributed by atoms with Crippen molar-refractivity contribution in [2.24, 2.45) is 0 Å². The second-order valence-corrected chi connectivity index (χ2v) is 8.70. The molecule has 1 aromatic rings. The van der Waals surface area contributed by atoms with E-state index in [0.29, 0.717) is 23.0 Å². The van der Waals surface area contributed by atoms with Gasteiger partial charge < -0.3 is 4.90 Å². The van der Waals surface area contributed by atoms with E-state index >= 15 is 0 Å². The molecule has 1 aliphatic heterocycles. The molecule has 2 heterocycles. The molecule has 0 spiro atoms. The molecule has 1 N–H and O–H groups in total. The van der Waals surface area contributed by atoms with Gasteiger partial charge in [-0.1, -0.05) is 20.8 Å². The summed E-state index contributed by atoms with van der Waals surface area (Å²) in [7, 11) is 0. The Morgan fingerprint density at radius 2 is 2.33 bits per heavy atom. The van der Waals surface area contributed by atoms with Crippen molar-refractivity contribution in [3.63, 3.8) is 0 Å². The average molecular weight is 309 g/mol. The summed E-state index contributed by atoms with van der Waals surface area (Å²) in [5.41, 5.74) is 1.23. The highest BCUT2D eigenvalue weighted by Crippen LogP contribution is 2.27. The summed E-state index contributed by atoms with van der Waals surface area (Å²) >= 11 is 1.94. The summed E-state index contributed by atoms with van der Waals surface area (Å²) in [4.78, 5) is 14.4. The van der Waals surface area contributed by atoms with Crippen LogP contribution in [0.15, 0.2) is 12.4 Å². The van der Waals surface area contributed by atoms with Gasteiger partial charge in [-0.2, -0.15) is 16.9 Å². The minimum atomic E-state index is 0.292. The molecule has 1 saturated heterocycles. The molecule has 118 valence electrons. The van der Waals surface area contributed by atoms with E-state index in [1.807, 2.05) is 29.1 Å². The lowest BCUT2D eigenvalue weighted by atomic mass is 9.92. The summed E-state index contributed by atoms with van der Waals surface area (Å²) in [5.74, 6) is 1.83. The maximum Gasteiger partial charge on any atom is 0.222 e. The lowest BCUT2D eigenvalue weighted by Gasteiger charge is -2.32. The zero-order valence-corrected chi connectivity index (χ0v) is 14.2. The molecule has 21 heavy (non-hydrogen) atoms. The Morgan fingerprint density at radius 1 is 1.52 bits per heavy atom. The highest BCUT2D eigenvalue weighted by molar-refractivity contribution is 8.00. The number of nitrogens with one attached hydrogen (secondary N) is 1. The molecule has 0 unspecified atom stereocenters. The van der Waals surface area contributed by atoms with Gasteiger partial charge in [0.25, 0.3) is 0 Å². The first-order valence-electron chi connectivity index (χ1n) is 7.86. The number of aromatic amines is 1. The Bertz CT molecular complexity index is 439. The van der Waals surface area contributed by atoms with Crippen LogP contribution < -0.4 is 0 Å². The summed E-state index contributed by atoms with van der Waals surface area (Å²) < 4.78 is 0.292. The van der Waals surface area contributed by atoms with Crippen molar-refractivity contribution in [3.05, 3.63) is 18.0 Å². The van der Waals surface area contributed by atoms with Crippen molar-refractivity contribution in [2.75, 3.05) is 18.8 Å². The second-order valence-electron chi connectivity index (χ2n) is 6.77. The fourth-order valence-electron chi connectivity index (χ4n) is 2.72. The van der Waals surface area contributed by atoms with Crippen LogP contribution in [0.4, 0.5) is 0 Å². The van der Waals surface area contributed by atoms with Crippen LogP contribution in [0.25, 0.3) is 0 Å². The Hall–Kier alpha value is -0.970. The molecule has 0 radical (unpaired) electrons. The number of hydrogen-bond acceptors (Lipinski definition) is 3. The Kier molecular flexibility index (Phi) is 5.73. The van der Waals surface area contributed by atoms with Crippen LogP contribution in [0, 0.1) is 0 Å². The normalized spacial score (nSPS) is 19.8. The van der Waals surface area contributed by atoms with Crippen LogP contribution in [0.2, 0.25) is 0 Å². The predicted octanol–water partition coefficient (Wildman–Crippen LogP) is 3.43. The lowest BCUT2D eigenvalue weighted by molar-refractivity contribution is -0.132. The molecule has 2 rings (SSSR count). The summed E-state index contributed by atoms with van der Waals surface area (Å²) in [6.07, 6.45) is 7.76. The number of thioether (sulfide) groups is 1. The molecule has 1 amide bonds. The first kappa shape index (κ1) is 16.4. The number of carbonyl (C=O) groups excluding carboxylic acids is 1. The third-order valence-electron chi connectivity index (χ3n) is 3.83. The fraction of sp³-hybridized carbons (Fsp3) is 0.750. The van der Waals surface area contributed by atoms with Gasteiger partial charge in [-0.05, 0) is 30.6 Å². The standard InChI is InChI=1S/C16H27N3OS/c1-16(2,3)21-9-5-7-15(20)19-8-4-6-13(12-19)14-10-17-18-11-14/h10-11,13H,4-9,12H2,1-3H3,(H,17,18)/t13-/m1/s1. The minimum absolute atomic E-state index is 0.292. The number of carbonyl (C=O) groups is 1. The quantitative estimate of drug-likeness (QED) is 0.848. The van der Waals surface area contributed by atoms with Gasteiger partial charge in [0, 0.05) is 36.4 Å². The predicted molar refractivity (Wildman–Crippen MR) is 88.6 cm³/mol. The Balaban J connectivity index is 1.74. The zero-order valence-electron chi connectivity index (χ0n) is 13.4. The third kappa shape index (κ3) is 5.38. The SMILES string of the molecule is CC(C)(C)SCCCC(=O)N1CCC[C@@H](c2cn[nH]c2)C1. The van der Waals surface area contributed by atoms with Gasteiger partial charge in [-0.15, -0.1) is 0 Å². The monoisotopic (exact) mass is 309 g/mol. The fourth-order valence-corrected chi connectivity index (χ4v) is 3.62. The van der Waals surface area contributed by atoms with Gasteiger partial charge in [0.1, 0.15) is 0 Å². The number of likely N-dealkylation sites (tertiary alicyclic amines) is 1. The van der Waals surface area contributed by atoms with Crippen molar-refractivity contribution in [3.8, 4) is 0 Å². The van der Waals surface area contributed by atoms with Gasteiger partial charge in [0.15, 0.2) is 0 Å². The lowest BCUT2D eigenvalue weighted by Crippen LogP contribution is -2.39. The number of rotatable bonds is 5. The van der Waals surface area contributed by atoms with E-state index in [1.54, 1.807) is 0 Å². The second kappa shape index (κ2) is 7.34. The molecular formula is C16H27N3OS. The zero-order chi connectivity index (χ0) is 15.3. The van der Waals surface area contributed by atoms with E-state index in [2.05, 4.69) is 31.0 Å². The van der Waals surface area contributed by atoms with Gasteiger partial charge in [-0.3, -0.25) is 9.89 Å². The Labute approximate surface area is 132 Å². The van der Waals surface area contributed by atoms with Crippen molar-refractivity contribution in [1.82, 2.24) is 15.1 Å². The topological polar surface area (TPSA) is 49.0 Å². The molecule has 0 saturated carbocycles. The molecular weight excluding hydrogens is 282 g/mol. The number of aromatic nitrogens is 2. The van der Waals surface area contributed by atoms with E-state index in [-0.39, 0.29) is 0 Å². The number of hydrogen-bond donors (Lipinski definition) is 1. The molecule has 1 aliphatic rings. The average Bonchev–Trinajstić information content (AvgIpc) is 2.96. The van der Waals surface area contributed by atoms with Crippen molar-refractivity contribution in [2.45, 2.75) is 57.1 Å². The molecule has 1 atom stereocenters. The maximum atomic E-state index is 12.3. The summed E-state index contributed by atoms with van der Waals surface area (Å²) in [5, 5.41) is 6.89. The van der Waals surface area contributed by atoms with Gasteiger partial charge in [0.2, 0.25) is 5.91 Å². The van der Waals surface area contributed by atoms with E-state index < -0.39 is 0 Å². The third-order valence-corrected chi connectivity index (χ3v) is 5.19. The molecule has 0 bridgehead atoms. The highest BCUT2D eigenvalue weighted by Gasteiger charge is 2.25. The highest BCUT2D eigenvalue weighted by atomic mass is 32.2. The molecule has 0 aromatic carbocycles. The van der Waals surface area contributed by atoms with Gasteiger partial charge >= 0.3 is 0 Å². The first-order valence-corrected chi connectivity index (χ1v) is 8.85. The van der Waals surface area contributed by atoms with Gasteiger partial charge in [0.05, 0.1) is 6.20 Å². The molecule has 1 fully saturated rings. The largest absolute Gasteiger partial charge is 0.342 e. The maximum absolute atomic E-state index is 12.3. The number of H-pyrrole nitrogens is 1. The van der Waals surface area contributed by atoms with Gasteiger partial charge in [-0.25, -0.2) is 0 Å². The summed E-state index contributed by atoms with van der Waals surface area (Å²) in [6.45, 7) is 8.43.